The Morgan fingerprint density at radius 1 is 1.13 bits per heavy atom. The van der Waals surface area contributed by atoms with Gasteiger partial charge in [-0.1, -0.05) is 30.3 Å². The molecule has 0 fully saturated rings. The van der Waals surface area contributed by atoms with E-state index in [0.717, 1.165) is 41.9 Å². The molecular weight excluding hydrogens is 374 g/mol. The van der Waals surface area contributed by atoms with Gasteiger partial charge in [0.2, 0.25) is 0 Å². The zero-order chi connectivity index (χ0) is 21.1. The minimum Gasteiger partial charge on any atom is -0.334 e. The lowest BCUT2D eigenvalue weighted by molar-refractivity contribution is 0.251. The van der Waals surface area contributed by atoms with Crippen LogP contribution in [0.1, 0.15) is 35.9 Å². The summed E-state index contributed by atoms with van der Waals surface area (Å²) < 4.78 is 2.12. The van der Waals surface area contributed by atoms with E-state index < -0.39 is 0 Å². The predicted molar refractivity (Wildman–Crippen MR) is 122 cm³/mol. The van der Waals surface area contributed by atoms with Gasteiger partial charge in [0.1, 0.15) is 0 Å². The second-order valence-electron chi connectivity index (χ2n) is 7.43. The van der Waals surface area contributed by atoms with E-state index in [-0.39, 0.29) is 6.03 Å². The Hall–Kier alpha value is -3.67. The van der Waals surface area contributed by atoms with Crippen LogP contribution in [0, 0.1) is 5.41 Å². The first-order chi connectivity index (χ1) is 14.6. The number of rotatable bonds is 6. The average molecular weight is 399 g/mol. The Balaban J connectivity index is 1.52. The van der Waals surface area contributed by atoms with Crippen molar-refractivity contribution in [3.8, 4) is 5.69 Å². The molecule has 152 valence electrons. The van der Waals surface area contributed by atoms with Gasteiger partial charge >= 0.3 is 6.03 Å². The molecule has 6 heteroatoms. The highest BCUT2D eigenvalue weighted by molar-refractivity contribution is 6.01. The zero-order valence-electron chi connectivity index (χ0n) is 17.0. The molecule has 6 nitrogen and oxygen atoms in total. The number of amides is 2. The van der Waals surface area contributed by atoms with Crippen LogP contribution in [0.4, 0.5) is 16.2 Å². The number of anilines is 1. The van der Waals surface area contributed by atoms with Gasteiger partial charge in [-0.05, 0) is 68.3 Å². The highest BCUT2D eigenvalue weighted by Gasteiger charge is 2.27. The van der Waals surface area contributed by atoms with E-state index in [1.165, 1.54) is 11.3 Å². The number of carbonyl (C=O) groups is 1. The molecule has 1 aliphatic carbocycles. The van der Waals surface area contributed by atoms with Gasteiger partial charge in [0.15, 0.2) is 0 Å². The van der Waals surface area contributed by atoms with Crippen LogP contribution in [0.5, 0.6) is 0 Å². The van der Waals surface area contributed by atoms with E-state index in [2.05, 4.69) is 26.9 Å². The fraction of sp³-hybridized carbons (Fsp3) is 0.208. The molecule has 1 aliphatic rings. The first kappa shape index (κ1) is 19.6. The second kappa shape index (κ2) is 8.37. The number of aromatic nitrogens is 1. The molecule has 2 aromatic carbocycles. The van der Waals surface area contributed by atoms with E-state index in [4.69, 9.17) is 5.41 Å². The summed E-state index contributed by atoms with van der Waals surface area (Å²) >= 11 is 0. The maximum absolute atomic E-state index is 12.2. The molecule has 3 N–H and O–H groups in total. The van der Waals surface area contributed by atoms with Gasteiger partial charge in [-0.2, -0.15) is 0 Å². The molecule has 0 unspecified atom stereocenters. The molecule has 30 heavy (non-hydrogen) atoms. The molecule has 0 atom stereocenters. The Morgan fingerprint density at radius 3 is 2.53 bits per heavy atom. The highest BCUT2D eigenvalue weighted by Crippen LogP contribution is 2.39. The SMILES string of the molecule is C=Nc1c2c(n(-c3ccc(NC(=O)NCc4ccccc4)cc3)c1C(C)=N)CCC2. The van der Waals surface area contributed by atoms with Crippen molar-refractivity contribution in [1.82, 2.24) is 9.88 Å². The minimum atomic E-state index is -0.248. The smallest absolute Gasteiger partial charge is 0.319 e. The largest absolute Gasteiger partial charge is 0.334 e. The summed E-state index contributed by atoms with van der Waals surface area (Å²) in [6.07, 6.45) is 3.02. The van der Waals surface area contributed by atoms with Gasteiger partial charge in [0.05, 0.1) is 17.1 Å². The first-order valence-electron chi connectivity index (χ1n) is 10.1. The monoisotopic (exact) mass is 399 g/mol. The van der Waals surface area contributed by atoms with Gasteiger partial charge in [0.25, 0.3) is 0 Å². The summed E-state index contributed by atoms with van der Waals surface area (Å²) in [5.41, 5.74) is 7.23. The molecule has 0 saturated heterocycles. The number of nitrogens with one attached hydrogen (secondary N) is 3. The van der Waals surface area contributed by atoms with Crippen LogP contribution < -0.4 is 10.6 Å². The molecule has 1 aromatic heterocycles. The van der Waals surface area contributed by atoms with Gasteiger partial charge in [-0.25, -0.2) is 4.79 Å². The topological polar surface area (TPSA) is 82.3 Å². The van der Waals surface area contributed by atoms with Gasteiger partial charge < -0.3 is 20.6 Å². The number of carbonyl (C=O) groups excluding carboxylic acids is 1. The summed E-state index contributed by atoms with van der Waals surface area (Å²) in [7, 11) is 0. The van der Waals surface area contributed by atoms with E-state index in [1.807, 2.05) is 54.6 Å². The van der Waals surface area contributed by atoms with E-state index in [0.29, 0.717) is 17.9 Å². The van der Waals surface area contributed by atoms with Crippen LogP contribution >= 0.6 is 0 Å². The maximum atomic E-state index is 12.2. The van der Waals surface area contributed by atoms with Crippen LogP contribution in [-0.2, 0) is 19.4 Å². The number of hydrogen-bond acceptors (Lipinski definition) is 3. The average Bonchev–Trinajstić information content (AvgIpc) is 3.34. The van der Waals surface area contributed by atoms with Crippen molar-refractivity contribution in [3.05, 3.63) is 77.1 Å². The third-order valence-electron chi connectivity index (χ3n) is 5.38. The Kier molecular flexibility index (Phi) is 5.48. The summed E-state index contributed by atoms with van der Waals surface area (Å²) in [5.74, 6) is 0. The van der Waals surface area contributed by atoms with E-state index in [9.17, 15) is 4.79 Å². The zero-order valence-corrected chi connectivity index (χ0v) is 17.0. The fourth-order valence-electron chi connectivity index (χ4n) is 4.06. The summed E-state index contributed by atoms with van der Waals surface area (Å²) in [5, 5.41) is 14.0. The van der Waals surface area contributed by atoms with Crippen molar-refractivity contribution in [3.63, 3.8) is 0 Å². The number of urea groups is 1. The summed E-state index contributed by atoms with van der Waals surface area (Å²) in [6.45, 7) is 5.98. The van der Waals surface area contributed by atoms with Gasteiger partial charge in [-0.3, -0.25) is 4.99 Å². The van der Waals surface area contributed by atoms with Crippen molar-refractivity contribution >= 4 is 29.8 Å². The lowest BCUT2D eigenvalue weighted by Crippen LogP contribution is -2.28. The molecule has 0 radical (unpaired) electrons. The third-order valence-corrected chi connectivity index (χ3v) is 5.38. The normalized spacial score (nSPS) is 12.3. The van der Waals surface area contributed by atoms with Crippen LogP contribution in [0.25, 0.3) is 5.69 Å². The second-order valence-corrected chi connectivity index (χ2v) is 7.43. The highest BCUT2D eigenvalue weighted by atomic mass is 16.2. The van der Waals surface area contributed by atoms with Crippen molar-refractivity contribution in [2.24, 2.45) is 4.99 Å². The van der Waals surface area contributed by atoms with Crippen LogP contribution in [0.2, 0.25) is 0 Å². The molecule has 3 aromatic rings. The van der Waals surface area contributed by atoms with Crippen molar-refractivity contribution in [2.45, 2.75) is 32.7 Å². The van der Waals surface area contributed by atoms with Crippen LogP contribution in [0.3, 0.4) is 0 Å². The van der Waals surface area contributed by atoms with Crippen LogP contribution in [-0.4, -0.2) is 23.0 Å². The van der Waals surface area contributed by atoms with Gasteiger partial charge in [-0.15, -0.1) is 0 Å². The number of aliphatic imine (C=N–C) groups is 1. The van der Waals surface area contributed by atoms with E-state index >= 15 is 0 Å². The number of nitrogens with zero attached hydrogens (tertiary/aromatic N) is 2. The number of fused-ring (bicyclic) bond motifs is 1. The van der Waals surface area contributed by atoms with E-state index in [1.54, 1.807) is 6.92 Å². The maximum Gasteiger partial charge on any atom is 0.319 e. The number of benzene rings is 2. The van der Waals surface area contributed by atoms with Crippen molar-refractivity contribution < 1.29 is 4.79 Å². The standard InChI is InChI=1S/C24H25N5O/c1-16(25)23-22(26-2)20-9-6-10-21(20)29(23)19-13-11-18(12-14-19)28-24(30)27-15-17-7-4-3-5-8-17/h3-5,7-8,11-14,25H,2,6,9-10,15H2,1H3,(H2,27,28,30). The van der Waals surface area contributed by atoms with Gasteiger partial charge in [0, 0.05) is 23.6 Å². The summed E-state index contributed by atoms with van der Waals surface area (Å²) in [4.78, 5) is 16.4. The lowest BCUT2D eigenvalue weighted by atomic mass is 10.1. The first-order valence-corrected chi connectivity index (χ1v) is 10.1. The lowest BCUT2D eigenvalue weighted by Gasteiger charge is -2.14. The Bertz CT molecular complexity index is 1100. The van der Waals surface area contributed by atoms with Crippen molar-refractivity contribution in [2.75, 3.05) is 5.32 Å². The summed E-state index contributed by atoms with van der Waals surface area (Å²) in [6, 6.07) is 17.2. The van der Waals surface area contributed by atoms with Crippen molar-refractivity contribution in [1.29, 1.82) is 5.41 Å². The molecule has 0 spiro atoms. The minimum absolute atomic E-state index is 0.248. The molecule has 0 aliphatic heterocycles. The molecule has 0 bridgehead atoms. The predicted octanol–water partition coefficient (Wildman–Crippen LogP) is 5.01. The Morgan fingerprint density at radius 2 is 1.87 bits per heavy atom. The molecule has 1 heterocycles. The third kappa shape index (κ3) is 3.76. The molecule has 2 amide bonds. The Labute approximate surface area is 176 Å². The van der Waals surface area contributed by atoms with Crippen LogP contribution in [0.15, 0.2) is 59.6 Å². The quantitative estimate of drug-likeness (QED) is 0.501. The molecular formula is C24H25N5O. The molecule has 0 saturated carbocycles. The molecule has 4 rings (SSSR count). The number of hydrogen-bond donors (Lipinski definition) is 3. The fourth-order valence-corrected chi connectivity index (χ4v) is 4.06.